The fraction of sp³-hybridized carbons (Fsp3) is 0.786. The van der Waals surface area contributed by atoms with E-state index in [0.717, 1.165) is 25.1 Å². The molecule has 1 atom stereocenters. The zero-order valence-corrected chi connectivity index (χ0v) is 14.5. The van der Waals surface area contributed by atoms with Crippen molar-refractivity contribution in [2.45, 2.75) is 65.1 Å². The Kier molecular flexibility index (Phi) is 6.83. The molecule has 6 nitrogen and oxygen atoms in total. The average molecular weight is 316 g/mol. The molecule has 1 rings (SSSR count). The summed E-state index contributed by atoms with van der Waals surface area (Å²) in [5.74, 6) is 0.331. The second-order valence-electron chi connectivity index (χ2n) is 5.40. The van der Waals surface area contributed by atoms with E-state index in [9.17, 15) is 8.42 Å². The van der Waals surface area contributed by atoms with Crippen molar-refractivity contribution >= 4 is 10.0 Å². The summed E-state index contributed by atoms with van der Waals surface area (Å²) < 4.78 is 27.9. The summed E-state index contributed by atoms with van der Waals surface area (Å²) in [5.41, 5.74) is 1.49. The van der Waals surface area contributed by atoms with Crippen molar-refractivity contribution in [3.8, 4) is 0 Å². The number of rotatable bonds is 9. The molecule has 0 aromatic carbocycles. The third-order valence-corrected chi connectivity index (χ3v) is 5.47. The van der Waals surface area contributed by atoms with Gasteiger partial charge in [-0.3, -0.25) is 5.10 Å². The van der Waals surface area contributed by atoms with Gasteiger partial charge in [0.2, 0.25) is 0 Å². The monoisotopic (exact) mass is 316 g/mol. The number of hydrogen-bond donors (Lipinski definition) is 3. The standard InChI is InChI=1S/C14H28N4O2S/c1-6-12(7-2)10(4)18-21(19,20)14-13(9-15-8-3)11(5)16-17-14/h10,12,15,18H,6-9H2,1-5H3,(H,16,17). The third-order valence-electron chi connectivity index (χ3n) is 3.94. The van der Waals surface area contributed by atoms with Crippen molar-refractivity contribution < 1.29 is 8.42 Å². The van der Waals surface area contributed by atoms with Gasteiger partial charge in [0, 0.05) is 23.8 Å². The average Bonchev–Trinajstić information content (AvgIpc) is 2.79. The molecule has 1 heterocycles. The van der Waals surface area contributed by atoms with Gasteiger partial charge in [-0.15, -0.1) is 0 Å². The predicted molar refractivity (Wildman–Crippen MR) is 84.6 cm³/mol. The zero-order chi connectivity index (χ0) is 16.0. The second kappa shape index (κ2) is 7.91. The summed E-state index contributed by atoms with van der Waals surface area (Å²) in [6.45, 7) is 11.2. The first kappa shape index (κ1) is 18.1. The van der Waals surface area contributed by atoms with Gasteiger partial charge in [-0.2, -0.15) is 5.10 Å². The van der Waals surface area contributed by atoms with Crippen molar-refractivity contribution in [1.82, 2.24) is 20.2 Å². The minimum Gasteiger partial charge on any atom is -0.313 e. The lowest BCUT2D eigenvalue weighted by Crippen LogP contribution is -2.38. The number of hydrogen-bond acceptors (Lipinski definition) is 4. The largest absolute Gasteiger partial charge is 0.313 e. The molecule has 1 unspecified atom stereocenters. The van der Waals surface area contributed by atoms with Crippen LogP contribution in [-0.4, -0.2) is 31.2 Å². The smallest absolute Gasteiger partial charge is 0.260 e. The molecule has 0 aliphatic heterocycles. The van der Waals surface area contributed by atoms with Gasteiger partial charge in [-0.25, -0.2) is 13.1 Å². The first-order valence-corrected chi connectivity index (χ1v) is 9.12. The summed E-state index contributed by atoms with van der Waals surface area (Å²) in [7, 11) is -3.60. The number of sulfonamides is 1. The number of nitrogens with one attached hydrogen (secondary N) is 3. The van der Waals surface area contributed by atoms with Gasteiger partial charge in [0.05, 0.1) is 0 Å². The van der Waals surface area contributed by atoms with E-state index < -0.39 is 10.0 Å². The van der Waals surface area contributed by atoms with E-state index >= 15 is 0 Å². The summed E-state index contributed by atoms with van der Waals surface area (Å²) >= 11 is 0. The van der Waals surface area contributed by atoms with Gasteiger partial charge in [0.1, 0.15) is 0 Å². The van der Waals surface area contributed by atoms with E-state index in [4.69, 9.17) is 0 Å². The van der Waals surface area contributed by atoms with Crippen molar-refractivity contribution in [3.63, 3.8) is 0 Å². The Morgan fingerprint density at radius 3 is 2.38 bits per heavy atom. The highest BCUT2D eigenvalue weighted by atomic mass is 32.2. The van der Waals surface area contributed by atoms with Crippen LogP contribution in [0.25, 0.3) is 0 Å². The van der Waals surface area contributed by atoms with E-state index in [-0.39, 0.29) is 11.1 Å². The Morgan fingerprint density at radius 1 is 1.24 bits per heavy atom. The third kappa shape index (κ3) is 4.52. The first-order valence-electron chi connectivity index (χ1n) is 7.64. The lowest BCUT2D eigenvalue weighted by Gasteiger charge is -2.22. The Morgan fingerprint density at radius 2 is 1.86 bits per heavy atom. The van der Waals surface area contributed by atoms with Crippen LogP contribution in [0.15, 0.2) is 5.03 Å². The van der Waals surface area contributed by atoms with Crippen molar-refractivity contribution in [2.24, 2.45) is 5.92 Å². The van der Waals surface area contributed by atoms with Crippen molar-refractivity contribution in [2.75, 3.05) is 6.54 Å². The Labute approximate surface area is 128 Å². The minimum absolute atomic E-state index is 0.103. The number of aryl methyl sites for hydroxylation is 1. The molecule has 3 N–H and O–H groups in total. The van der Waals surface area contributed by atoms with Gasteiger partial charge in [0.15, 0.2) is 5.03 Å². The van der Waals surface area contributed by atoms with Crippen molar-refractivity contribution in [1.29, 1.82) is 0 Å². The van der Waals surface area contributed by atoms with Crippen LogP contribution >= 0.6 is 0 Å². The van der Waals surface area contributed by atoms with Crippen LogP contribution in [0.2, 0.25) is 0 Å². The maximum atomic E-state index is 12.6. The molecule has 1 aromatic heterocycles. The highest BCUT2D eigenvalue weighted by molar-refractivity contribution is 7.89. The van der Waals surface area contributed by atoms with Crippen LogP contribution in [0, 0.1) is 12.8 Å². The molecule has 7 heteroatoms. The van der Waals surface area contributed by atoms with E-state index in [1.807, 2.05) is 20.8 Å². The number of aromatic nitrogens is 2. The summed E-state index contributed by atoms with van der Waals surface area (Å²) in [5, 5.41) is 10.0. The molecule has 0 spiro atoms. The molecule has 0 saturated carbocycles. The fourth-order valence-corrected chi connectivity index (χ4v) is 4.01. The molecule has 21 heavy (non-hydrogen) atoms. The van der Waals surface area contributed by atoms with Crippen LogP contribution in [0.1, 0.15) is 51.8 Å². The van der Waals surface area contributed by atoms with Gasteiger partial charge < -0.3 is 5.32 Å². The summed E-state index contributed by atoms with van der Waals surface area (Å²) in [6.07, 6.45) is 1.90. The molecule has 0 radical (unpaired) electrons. The molecule has 1 aromatic rings. The van der Waals surface area contributed by atoms with Crippen LogP contribution < -0.4 is 10.0 Å². The number of aromatic amines is 1. The molecule has 0 amide bonds. The summed E-state index contributed by atoms with van der Waals surface area (Å²) in [6, 6.07) is -0.103. The lowest BCUT2D eigenvalue weighted by atomic mass is 9.96. The van der Waals surface area contributed by atoms with Gasteiger partial charge in [-0.1, -0.05) is 33.6 Å². The Hall–Kier alpha value is -0.920. The van der Waals surface area contributed by atoms with E-state index in [1.54, 1.807) is 0 Å². The normalized spacial score (nSPS) is 13.8. The maximum absolute atomic E-state index is 12.6. The van der Waals surface area contributed by atoms with Gasteiger partial charge in [-0.05, 0) is 26.3 Å². The highest BCUT2D eigenvalue weighted by Crippen LogP contribution is 2.19. The highest BCUT2D eigenvalue weighted by Gasteiger charge is 2.27. The maximum Gasteiger partial charge on any atom is 0.260 e. The number of H-pyrrole nitrogens is 1. The first-order chi connectivity index (χ1) is 9.87. The predicted octanol–water partition coefficient (Wildman–Crippen LogP) is 1.93. The molecule has 0 fully saturated rings. The minimum atomic E-state index is -3.60. The van der Waals surface area contributed by atoms with E-state index in [0.29, 0.717) is 18.0 Å². The molecule has 0 aliphatic carbocycles. The van der Waals surface area contributed by atoms with E-state index in [2.05, 4.69) is 34.1 Å². The summed E-state index contributed by atoms with van der Waals surface area (Å²) in [4.78, 5) is 0. The van der Waals surface area contributed by atoms with Crippen molar-refractivity contribution in [3.05, 3.63) is 11.3 Å². The Bertz CT molecular complexity index is 535. The van der Waals surface area contributed by atoms with Crippen LogP contribution in [-0.2, 0) is 16.6 Å². The topological polar surface area (TPSA) is 86.9 Å². The van der Waals surface area contributed by atoms with Crippen LogP contribution in [0.5, 0.6) is 0 Å². The van der Waals surface area contributed by atoms with Gasteiger partial charge >= 0.3 is 0 Å². The van der Waals surface area contributed by atoms with Crippen LogP contribution in [0.4, 0.5) is 0 Å². The number of nitrogens with zero attached hydrogens (tertiary/aromatic N) is 1. The Balaban J connectivity index is 2.97. The van der Waals surface area contributed by atoms with E-state index in [1.165, 1.54) is 0 Å². The quantitative estimate of drug-likeness (QED) is 0.649. The van der Waals surface area contributed by atoms with Gasteiger partial charge in [0.25, 0.3) is 10.0 Å². The van der Waals surface area contributed by atoms with Crippen LogP contribution in [0.3, 0.4) is 0 Å². The molecular formula is C14H28N4O2S. The molecule has 0 saturated heterocycles. The molecule has 0 bridgehead atoms. The molecule has 122 valence electrons. The zero-order valence-electron chi connectivity index (χ0n) is 13.7. The lowest BCUT2D eigenvalue weighted by molar-refractivity contribution is 0.390. The second-order valence-corrected chi connectivity index (χ2v) is 7.03. The SMILES string of the molecule is CCNCc1c(S(=O)(=O)NC(C)C(CC)CC)n[nH]c1C. The fourth-order valence-electron chi connectivity index (χ4n) is 2.50. The molecule has 0 aliphatic rings. The molecular weight excluding hydrogens is 288 g/mol.